The van der Waals surface area contributed by atoms with Crippen LogP contribution < -0.4 is 5.32 Å². The van der Waals surface area contributed by atoms with E-state index in [0.717, 1.165) is 18.7 Å². The quantitative estimate of drug-likeness (QED) is 0.597. The lowest BCUT2D eigenvalue weighted by molar-refractivity contribution is -0.386. The summed E-state index contributed by atoms with van der Waals surface area (Å²) in [5, 5.41) is 18.7. The first kappa shape index (κ1) is 14.6. The van der Waals surface area contributed by atoms with Crippen molar-refractivity contribution in [1.82, 2.24) is 15.1 Å². The van der Waals surface area contributed by atoms with E-state index in [-0.39, 0.29) is 16.7 Å². The number of nitrogens with one attached hydrogen (secondary N) is 1. The molecule has 0 bridgehead atoms. The molecule has 1 aromatic rings. The molecular formula is C12H22N4O2. The van der Waals surface area contributed by atoms with Crippen LogP contribution in [0.4, 0.5) is 5.69 Å². The number of rotatable bonds is 7. The average molecular weight is 254 g/mol. The van der Waals surface area contributed by atoms with Crippen LogP contribution in [0.5, 0.6) is 0 Å². The van der Waals surface area contributed by atoms with Crippen molar-refractivity contribution < 1.29 is 4.92 Å². The summed E-state index contributed by atoms with van der Waals surface area (Å²) in [5.74, 6) is 0. The maximum atomic E-state index is 11.1. The fourth-order valence-electron chi connectivity index (χ4n) is 2.07. The molecule has 0 saturated carbocycles. The molecule has 18 heavy (non-hydrogen) atoms. The van der Waals surface area contributed by atoms with Gasteiger partial charge >= 0.3 is 5.69 Å². The van der Waals surface area contributed by atoms with Gasteiger partial charge in [-0.25, -0.2) is 0 Å². The van der Waals surface area contributed by atoms with Crippen LogP contribution >= 0.6 is 0 Å². The largest absolute Gasteiger partial charge is 0.314 e. The average Bonchev–Trinajstić information content (AvgIpc) is 2.62. The molecule has 1 heterocycles. The van der Waals surface area contributed by atoms with Crippen LogP contribution in [0.15, 0.2) is 0 Å². The molecule has 1 rings (SSSR count). The van der Waals surface area contributed by atoms with E-state index in [0.29, 0.717) is 18.7 Å². The maximum absolute atomic E-state index is 11.1. The summed E-state index contributed by atoms with van der Waals surface area (Å²) in [7, 11) is 0. The molecule has 0 saturated heterocycles. The van der Waals surface area contributed by atoms with E-state index in [9.17, 15) is 10.1 Å². The zero-order valence-corrected chi connectivity index (χ0v) is 11.6. The van der Waals surface area contributed by atoms with Gasteiger partial charge in [-0.2, -0.15) is 5.10 Å². The van der Waals surface area contributed by atoms with Crippen molar-refractivity contribution >= 4 is 5.69 Å². The first-order chi connectivity index (χ1) is 8.51. The standard InChI is InChI=1S/C12H22N4O2/c1-5-7-13-9(3)8-11-12(16(17)18)10(4)14-15(11)6-2/h9,13H,5-8H2,1-4H3. The highest BCUT2D eigenvalue weighted by Gasteiger charge is 2.25. The Morgan fingerprint density at radius 1 is 1.50 bits per heavy atom. The fraction of sp³-hybridized carbons (Fsp3) is 0.750. The Balaban J connectivity index is 2.94. The lowest BCUT2D eigenvalue weighted by Gasteiger charge is -2.13. The molecule has 0 aliphatic rings. The van der Waals surface area contributed by atoms with E-state index in [1.165, 1.54) is 0 Å². The monoisotopic (exact) mass is 254 g/mol. The third-order valence-corrected chi connectivity index (χ3v) is 2.92. The predicted molar refractivity (Wildman–Crippen MR) is 70.8 cm³/mol. The highest BCUT2D eigenvalue weighted by atomic mass is 16.6. The third kappa shape index (κ3) is 3.29. The molecule has 0 radical (unpaired) electrons. The summed E-state index contributed by atoms with van der Waals surface area (Å²) in [5.41, 5.74) is 1.39. The van der Waals surface area contributed by atoms with Crippen molar-refractivity contribution in [3.05, 3.63) is 21.5 Å². The Bertz CT molecular complexity index is 414. The molecular weight excluding hydrogens is 232 g/mol. The van der Waals surface area contributed by atoms with Gasteiger partial charge in [-0.3, -0.25) is 14.8 Å². The molecule has 102 valence electrons. The number of nitro groups is 1. The van der Waals surface area contributed by atoms with E-state index in [1.54, 1.807) is 11.6 Å². The SMILES string of the molecule is CCCNC(C)Cc1c([N+](=O)[O-])c(C)nn1CC. The molecule has 1 atom stereocenters. The molecule has 1 unspecified atom stereocenters. The van der Waals surface area contributed by atoms with Crippen LogP contribution in [0.25, 0.3) is 0 Å². The molecule has 1 aromatic heterocycles. The number of hydrogen-bond donors (Lipinski definition) is 1. The van der Waals surface area contributed by atoms with Gasteiger partial charge in [0.15, 0.2) is 0 Å². The van der Waals surface area contributed by atoms with Crippen molar-refractivity contribution in [3.63, 3.8) is 0 Å². The van der Waals surface area contributed by atoms with Crippen molar-refractivity contribution in [2.24, 2.45) is 0 Å². The number of nitrogens with zero attached hydrogens (tertiary/aromatic N) is 3. The molecule has 6 nitrogen and oxygen atoms in total. The Hall–Kier alpha value is -1.43. The molecule has 0 aromatic carbocycles. The van der Waals surface area contributed by atoms with Gasteiger partial charge < -0.3 is 5.32 Å². The van der Waals surface area contributed by atoms with Gasteiger partial charge in [0, 0.05) is 19.0 Å². The van der Waals surface area contributed by atoms with E-state index in [2.05, 4.69) is 17.3 Å². The molecule has 0 aliphatic heterocycles. The zero-order chi connectivity index (χ0) is 13.7. The molecule has 0 spiro atoms. The highest BCUT2D eigenvalue weighted by molar-refractivity contribution is 5.41. The Labute approximate surface area is 108 Å². The molecule has 6 heteroatoms. The van der Waals surface area contributed by atoms with Gasteiger partial charge in [-0.15, -0.1) is 0 Å². The number of aromatic nitrogens is 2. The van der Waals surface area contributed by atoms with Crippen LogP contribution in [0.1, 0.15) is 38.6 Å². The smallest absolute Gasteiger partial charge is 0.313 e. The number of aryl methyl sites for hydroxylation is 2. The van der Waals surface area contributed by atoms with Gasteiger partial charge in [0.2, 0.25) is 0 Å². The van der Waals surface area contributed by atoms with Crippen LogP contribution in [0.3, 0.4) is 0 Å². The second-order valence-corrected chi connectivity index (χ2v) is 4.51. The van der Waals surface area contributed by atoms with Crippen molar-refractivity contribution in [2.45, 2.75) is 53.1 Å². The topological polar surface area (TPSA) is 73.0 Å². The van der Waals surface area contributed by atoms with Crippen LogP contribution in [0.2, 0.25) is 0 Å². The van der Waals surface area contributed by atoms with Gasteiger partial charge in [0.1, 0.15) is 11.4 Å². The van der Waals surface area contributed by atoms with Crippen LogP contribution in [-0.2, 0) is 13.0 Å². The van der Waals surface area contributed by atoms with Gasteiger partial charge in [0.05, 0.1) is 4.92 Å². The van der Waals surface area contributed by atoms with Crippen LogP contribution in [-0.4, -0.2) is 27.3 Å². The van der Waals surface area contributed by atoms with E-state index >= 15 is 0 Å². The van der Waals surface area contributed by atoms with E-state index in [1.807, 2.05) is 13.8 Å². The van der Waals surface area contributed by atoms with E-state index in [4.69, 9.17) is 0 Å². The van der Waals surface area contributed by atoms with Gasteiger partial charge in [0.25, 0.3) is 0 Å². The van der Waals surface area contributed by atoms with Gasteiger partial charge in [-0.05, 0) is 33.7 Å². The lowest BCUT2D eigenvalue weighted by Crippen LogP contribution is -2.29. The Morgan fingerprint density at radius 3 is 2.67 bits per heavy atom. The second kappa shape index (κ2) is 6.49. The number of hydrogen-bond acceptors (Lipinski definition) is 4. The van der Waals surface area contributed by atoms with Crippen LogP contribution in [0, 0.1) is 17.0 Å². The fourth-order valence-corrected chi connectivity index (χ4v) is 2.07. The minimum Gasteiger partial charge on any atom is -0.314 e. The molecule has 1 N–H and O–H groups in total. The Morgan fingerprint density at radius 2 is 2.17 bits per heavy atom. The minimum atomic E-state index is -0.323. The van der Waals surface area contributed by atoms with Crippen molar-refractivity contribution in [1.29, 1.82) is 0 Å². The van der Waals surface area contributed by atoms with Gasteiger partial charge in [-0.1, -0.05) is 6.92 Å². The first-order valence-electron chi connectivity index (χ1n) is 6.45. The van der Waals surface area contributed by atoms with Crippen molar-refractivity contribution in [2.75, 3.05) is 6.54 Å². The summed E-state index contributed by atoms with van der Waals surface area (Å²) in [6, 6.07) is 0.213. The highest BCUT2D eigenvalue weighted by Crippen LogP contribution is 2.24. The summed E-state index contributed by atoms with van der Waals surface area (Å²) >= 11 is 0. The minimum absolute atomic E-state index is 0.169. The predicted octanol–water partition coefficient (Wildman–Crippen LogP) is 2.05. The summed E-state index contributed by atoms with van der Waals surface area (Å²) in [6.07, 6.45) is 1.68. The second-order valence-electron chi connectivity index (χ2n) is 4.51. The third-order valence-electron chi connectivity index (χ3n) is 2.92. The van der Waals surface area contributed by atoms with Crippen molar-refractivity contribution in [3.8, 4) is 0 Å². The molecule has 0 amide bonds. The normalized spacial score (nSPS) is 12.7. The summed E-state index contributed by atoms with van der Waals surface area (Å²) < 4.78 is 1.73. The van der Waals surface area contributed by atoms with E-state index < -0.39 is 0 Å². The maximum Gasteiger partial charge on any atom is 0.313 e. The molecule has 0 fully saturated rings. The Kier molecular flexibility index (Phi) is 5.27. The summed E-state index contributed by atoms with van der Waals surface area (Å²) in [6.45, 7) is 9.37. The summed E-state index contributed by atoms with van der Waals surface area (Å²) in [4.78, 5) is 10.8. The zero-order valence-electron chi connectivity index (χ0n) is 11.6. The molecule has 0 aliphatic carbocycles. The first-order valence-corrected chi connectivity index (χ1v) is 6.45. The lowest BCUT2D eigenvalue weighted by atomic mass is 10.1.